The third-order valence-corrected chi connectivity index (χ3v) is 3.44. The summed E-state index contributed by atoms with van der Waals surface area (Å²) in [5, 5.41) is 2.77. The van der Waals surface area contributed by atoms with Crippen molar-refractivity contribution in [3.63, 3.8) is 0 Å². The predicted molar refractivity (Wildman–Crippen MR) is 96.6 cm³/mol. The summed E-state index contributed by atoms with van der Waals surface area (Å²) >= 11 is 0. The van der Waals surface area contributed by atoms with Gasteiger partial charge in [0, 0.05) is 0 Å². The van der Waals surface area contributed by atoms with Gasteiger partial charge in [0.25, 0.3) is 0 Å². The van der Waals surface area contributed by atoms with Crippen LogP contribution in [0.15, 0.2) is 42.2 Å². The molecule has 1 amide bonds. The first-order valence-electron chi connectivity index (χ1n) is 8.70. The Labute approximate surface area is 145 Å². The van der Waals surface area contributed by atoms with Crippen molar-refractivity contribution in [2.45, 2.75) is 71.4 Å². The zero-order valence-corrected chi connectivity index (χ0v) is 15.3. The van der Waals surface area contributed by atoms with E-state index in [-0.39, 0.29) is 11.9 Å². The average molecular weight is 335 g/mol. The summed E-state index contributed by atoms with van der Waals surface area (Å²) in [4.78, 5) is 12.0. The number of unbranched alkanes of at least 4 members (excludes halogenated alkanes) is 1. The van der Waals surface area contributed by atoms with E-state index in [0.29, 0.717) is 12.8 Å². The molecule has 1 N–H and O–H groups in total. The maximum absolute atomic E-state index is 14.0. The van der Waals surface area contributed by atoms with Gasteiger partial charge in [-0.05, 0) is 58.1 Å². The highest BCUT2D eigenvalue weighted by molar-refractivity contribution is 5.68. The topological polar surface area (TPSA) is 38.3 Å². The van der Waals surface area contributed by atoms with Gasteiger partial charge in [-0.15, -0.1) is 0 Å². The van der Waals surface area contributed by atoms with Gasteiger partial charge < -0.3 is 10.1 Å². The first-order chi connectivity index (χ1) is 11.3. The van der Waals surface area contributed by atoms with Crippen LogP contribution in [0.4, 0.5) is 9.18 Å². The quantitative estimate of drug-likeness (QED) is 0.676. The predicted octanol–water partition coefficient (Wildman–Crippen LogP) is 5.56. The Hall–Kier alpha value is -1.84. The van der Waals surface area contributed by atoms with E-state index in [1.54, 1.807) is 0 Å². The van der Waals surface area contributed by atoms with Crippen molar-refractivity contribution >= 4 is 6.09 Å². The van der Waals surface area contributed by atoms with E-state index in [2.05, 4.69) is 5.32 Å². The zero-order chi connectivity index (χ0) is 18.0. The molecule has 0 spiro atoms. The van der Waals surface area contributed by atoms with Gasteiger partial charge in [0.1, 0.15) is 5.60 Å². The Morgan fingerprint density at radius 2 is 1.96 bits per heavy atom. The van der Waals surface area contributed by atoms with Crippen LogP contribution in [0.5, 0.6) is 0 Å². The van der Waals surface area contributed by atoms with Crippen molar-refractivity contribution in [1.82, 2.24) is 5.32 Å². The minimum Gasteiger partial charge on any atom is -0.444 e. The number of hydrogen-bond acceptors (Lipinski definition) is 2. The highest BCUT2D eigenvalue weighted by Crippen LogP contribution is 2.14. The SMILES string of the molecule is CCCC/C(F)=C/[C@H](CCc1ccccc1)NC(=O)OC(C)(C)C. The van der Waals surface area contributed by atoms with Crippen molar-refractivity contribution in [2.24, 2.45) is 0 Å². The summed E-state index contributed by atoms with van der Waals surface area (Å²) in [6.45, 7) is 7.45. The van der Waals surface area contributed by atoms with Gasteiger partial charge in [-0.1, -0.05) is 43.7 Å². The second kappa shape index (κ2) is 10.1. The van der Waals surface area contributed by atoms with Gasteiger partial charge in [-0.25, -0.2) is 9.18 Å². The molecule has 4 heteroatoms. The molecule has 1 aromatic rings. The third-order valence-electron chi connectivity index (χ3n) is 3.44. The van der Waals surface area contributed by atoms with Crippen molar-refractivity contribution in [3.8, 4) is 0 Å². The molecule has 1 atom stereocenters. The number of ether oxygens (including phenoxy) is 1. The summed E-state index contributed by atoms with van der Waals surface area (Å²) < 4.78 is 19.3. The summed E-state index contributed by atoms with van der Waals surface area (Å²) in [6, 6.07) is 9.59. The molecule has 24 heavy (non-hydrogen) atoms. The van der Waals surface area contributed by atoms with Gasteiger partial charge in [0.2, 0.25) is 0 Å². The lowest BCUT2D eigenvalue weighted by Crippen LogP contribution is -2.38. The van der Waals surface area contributed by atoms with Crippen molar-refractivity contribution < 1.29 is 13.9 Å². The molecule has 3 nitrogen and oxygen atoms in total. The molecule has 0 heterocycles. The summed E-state index contributed by atoms with van der Waals surface area (Å²) in [6.07, 6.45) is 4.55. The van der Waals surface area contributed by atoms with Gasteiger partial charge >= 0.3 is 6.09 Å². The molecule has 0 fully saturated rings. The smallest absolute Gasteiger partial charge is 0.408 e. The van der Waals surface area contributed by atoms with E-state index >= 15 is 0 Å². The van der Waals surface area contributed by atoms with Crippen LogP contribution in [0.2, 0.25) is 0 Å². The monoisotopic (exact) mass is 335 g/mol. The number of carbonyl (C=O) groups excluding carboxylic acids is 1. The number of aryl methyl sites for hydroxylation is 1. The lowest BCUT2D eigenvalue weighted by atomic mass is 10.0. The number of rotatable bonds is 8. The number of nitrogens with one attached hydrogen (secondary N) is 1. The fourth-order valence-electron chi connectivity index (χ4n) is 2.27. The minimum atomic E-state index is -0.571. The molecule has 0 aliphatic carbocycles. The Bertz CT molecular complexity index is 520. The van der Waals surface area contributed by atoms with Gasteiger partial charge in [-0.3, -0.25) is 0 Å². The second-order valence-electron chi connectivity index (χ2n) is 6.99. The Morgan fingerprint density at radius 1 is 1.29 bits per heavy atom. The molecule has 0 saturated heterocycles. The number of alkyl carbamates (subject to hydrolysis) is 1. The second-order valence-corrected chi connectivity index (χ2v) is 6.99. The van der Waals surface area contributed by atoms with Gasteiger partial charge in [-0.2, -0.15) is 0 Å². The van der Waals surface area contributed by atoms with Crippen molar-refractivity contribution in [3.05, 3.63) is 47.8 Å². The summed E-state index contributed by atoms with van der Waals surface area (Å²) in [5.41, 5.74) is 0.592. The van der Waals surface area contributed by atoms with E-state index in [1.165, 1.54) is 6.08 Å². The molecule has 1 aromatic carbocycles. The van der Waals surface area contributed by atoms with Crippen LogP contribution in [0.1, 0.15) is 58.9 Å². The Balaban J connectivity index is 2.69. The standard InChI is InChI=1S/C20H30FNO2/c1-5-6-12-17(21)15-18(22-19(23)24-20(2,3)4)14-13-16-10-8-7-9-11-16/h7-11,15,18H,5-6,12-14H2,1-4H3,(H,22,23)/b17-15-/t18-/m0/s1. The van der Waals surface area contributed by atoms with E-state index < -0.39 is 11.7 Å². The largest absolute Gasteiger partial charge is 0.444 e. The van der Waals surface area contributed by atoms with Crippen LogP contribution < -0.4 is 5.32 Å². The van der Waals surface area contributed by atoms with Crippen LogP contribution in [0, 0.1) is 0 Å². The van der Waals surface area contributed by atoms with Crippen LogP contribution in [0.3, 0.4) is 0 Å². The van der Waals surface area contributed by atoms with Crippen molar-refractivity contribution in [1.29, 1.82) is 0 Å². The molecular weight excluding hydrogens is 305 g/mol. The normalized spacial score (nSPS) is 13.5. The highest BCUT2D eigenvalue weighted by atomic mass is 19.1. The van der Waals surface area contributed by atoms with E-state index in [1.807, 2.05) is 58.0 Å². The molecule has 0 aliphatic rings. The van der Waals surface area contributed by atoms with Crippen LogP contribution in [-0.4, -0.2) is 17.7 Å². The number of benzene rings is 1. The fourth-order valence-corrected chi connectivity index (χ4v) is 2.27. The number of halogens is 1. The zero-order valence-electron chi connectivity index (χ0n) is 15.3. The van der Waals surface area contributed by atoms with Crippen LogP contribution >= 0.6 is 0 Å². The molecule has 0 radical (unpaired) electrons. The van der Waals surface area contributed by atoms with E-state index in [0.717, 1.165) is 24.8 Å². The molecule has 0 saturated carbocycles. The molecule has 0 aliphatic heterocycles. The maximum atomic E-state index is 14.0. The van der Waals surface area contributed by atoms with Gasteiger partial charge in [0.05, 0.1) is 11.9 Å². The average Bonchev–Trinajstić information content (AvgIpc) is 2.49. The maximum Gasteiger partial charge on any atom is 0.408 e. The summed E-state index contributed by atoms with van der Waals surface area (Å²) in [7, 11) is 0. The van der Waals surface area contributed by atoms with Crippen LogP contribution in [-0.2, 0) is 11.2 Å². The van der Waals surface area contributed by atoms with E-state index in [4.69, 9.17) is 4.74 Å². The molecular formula is C20H30FNO2. The number of amides is 1. The summed E-state index contributed by atoms with van der Waals surface area (Å²) in [5.74, 6) is -0.175. The lowest BCUT2D eigenvalue weighted by molar-refractivity contribution is 0.0512. The number of carbonyl (C=O) groups is 1. The minimum absolute atomic E-state index is 0.175. The fraction of sp³-hybridized carbons (Fsp3) is 0.550. The lowest BCUT2D eigenvalue weighted by Gasteiger charge is -2.22. The van der Waals surface area contributed by atoms with Crippen LogP contribution in [0.25, 0.3) is 0 Å². The molecule has 0 aromatic heterocycles. The molecule has 1 rings (SSSR count). The van der Waals surface area contributed by atoms with Gasteiger partial charge in [0.15, 0.2) is 0 Å². The number of hydrogen-bond donors (Lipinski definition) is 1. The Kier molecular flexibility index (Phi) is 8.51. The number of allylic oxidation sites excluding steroid dienone is 1. The third kappa shape index (κ3) is 9.33. The van der Waals surface area contributed by atoms with E-state index in [9.17, 15) is 9.18 Å². The Morgan fingerprint density at radius 3 is 2.54 bits per heavy atom. The highest BCUT2D eigenvalue weighted by Gasteiger charge is 2.19. The molecule has 0 unspecified atom stereocenters. The first-order valence-corrected chi connectivity index (χ1v) is 8.70. The molecule has 0 bridgehead atoms. The first kappa shape index (κ1) is 20.2. The van der Waals surface area contributed by atoms with Crippen molar-refractivity contribution in [2.75, 3.05) is 0 Å². The molecule has 134 valence electrons.